The number of halogens is 1. The molecule has 29 heavy (non-hydrogen) atoms. The molecular formula is C22H16ClN3O3. The van der Waals surface area contributed by atoms with Gasteiger partial charge in [0.2, 0.25) is 5.91 Å². The van der Waals surface area contributed by atoms with E-state index in [0.29, 0.717) is 22.2 Å². The number of hydrogen-bond donors (Lipinski definition) is 2. The molecule has 1 aromatic heterocycles. The van der Waals surface area contributed by atoms with E-state index in [9.17, 15) is 9.59 Å². The highest BCUT2D eigenvalue weighted by molar-refractivity contribution is 6.34. The Bertz CT molecular complexity index is 1230. The quantitative estimate of drug-likeness (QED) is 0.478. The van der Waals surface area contributed by atoms with Gasteiger partial charge in [0.05, 0.1) is 10.7 Å². The number of carbonyl (C=O) groups excluding carboxylic acids is 2. The Morgan fingerprint density at radius 2 is 1.76 bits per heavy atom. The molecule has 0 bridgehead atoms. The first-order valence-electron chi connectivity index (χ1n) is 8.82. The molecule has 0 aliphatic heterocycles. The van der Waals surface area contributed by atoms with Crippen LogP contribution in [0.4, 0.5) is 11.4 Å². The van der Waals surface area contributed by atoms with Crippen LogP contribution in [-0.2, 0) is 4.79 Å². The van der Waals surface area contributed by atoms with Crippen LogP contribution in [0.25, 0.3) is 22.1 Å². The molecule has 6 nitrogen and oxygen atoms in total. The van der Waals surface area contributed by atoms with E-state index in [4.69, 9.17) is 16.0 Å². The normalized spacial score (nSPS) is 10.7. The highest BCUT2D eigenvalue weighted by atomic mass is 35.5. The van der Waals surface area contributed by atoms with E-state index in [1.54, 1.807) is 18.2 Å². The van der Waals surface area contributed by atoms with Gasteiger partial charge in [-0.2, -0.15) is 0 Å². The Labute approximate surface area is 171 Å². The number of oxazole rings is 1. The molecule has 2 amide bonds. The number of nitrogens with zero attached hydrogens (tertiary/aromatic N) is 1. The number of benzene rings is 3. The molecule has 0 spiro atoms. The second-order valence-corrected chi connectivity index (χ2v) is 6.83. The summed E-state index contributed by atoms with van der Waals surface area (Å²) in [5.74, 6) is -0.328. The molecular weight excluding hydrogens is 390 g/mol. The Morgan fingerprint density at radius 1 is 0.966 bits per heavy atom. The lowest BCUT2D eigenvalue weighted by molar-refractivity contribution is -0.114. The van der Waals surface area contributed by atoms with Gasteiger partial charge in [-0.1, -0.05) is 48.0 Å². The molecule has 0 unspecified atom stereocenters. The number of nitrogens with one attached hydrogen (secondary N) is 2. The van der Waals surface area contributed by atoms with Crippen LogP contribution in [-0.4, -0.2) is 16.8 Å². The second-order valence-electron chi connectivity index (χ2n) is 6.42. The molecule has 0 fully saturated rings. The number of carbonyl (C=O) groups is 2. The fourth-order valence-corrected chi connectivity index (χ4v) is 3.19. The van der Waals surface area contributed by atoms with E-state index < -0.39 is 5.91 Å². The SMILES string of the molecule is CC(=O)Nc1ccc(Cl)c(NC(=O)c2ncoc2-c2ccc3ccccc3c2)c1. The summed E-state index contributed by atoms with van der Waals surface area (Å²) < 4.78 is 5.50. The summed E-state index contributed by atoms with van der Waals surface area (Å²) >= 11 is 6.19. The number of amides is 2. The van der Waals surface area contributed by atoms with Crippen LogP contribution >= 0.6 is 11.6 Å². The van der Waals surface area contributed by atoms with Crippen molar-refractivity contribution < 1.29 is 14.0 Å². The third-order valence-electron chi connectivity index (χ3n) is 4.33. The molecule has 0 aliphatic carbocycles. The van der Waals surface area contributed by atoms with E-state index in [2.05, 4.69) is 15.6 Å². The highest BCUT2D eigenvalue weighted by Crippen LogP contribution is 2.29. The molecule has 0 aliphatic rings. The van der Waals surface area contributed by atoms with E-state index in [1.807, 2.05) is 42.5 Å². The monoisotopic (exact) mass is 405 g/mol. The zero-order chi connectivity index (χ0) is 20.4. The van der Waals surface area contributed by atoms with Crippen molar-refractivity contribution in [1.29, 1.82) is 0 Å². The van der Waals surface area contributed by atoms with Crippen molar-refractivity contribution >= 4 is 45.6 Å². The molecule has 0 radical (unpaired) electrons. The standard InChI is InChI=1S/C22H16ClN3O3/c1-13(27)25-17-8-9-18(23)19(11-17)26-22(28)20-21(29-12-24-20)16-7-6-14-4-2-3-5-15(14)10-16/h2-12H,1H3,(H,25,27)(H,26,28). The molecule has 1 heterocycles. The molecule has 3 aromatic carbocycles. The molecule has 0 saturated heterocycles. The van der Waals surface area contributed by atoms with Gasteiger partial charge < -0.3 is 15.1 Å². The van der Waals surface area contributed by atoms with Gasteiger partial charge in [-0.25, -0.2) is 4.98 Å². The van der Waals surface area contributed by atoms with E-state index in [1.165, 1.54) is 13.3 Å². The summed E-state index contributed by atoms with van der Waals surface area (Å²) in [6, 6.07) is 18.5. The Hall–Kier alpha value is -3.64. The van der Waals surface area contributed by atoms with Gasteiger partial charge in [-0.3, -0.25) is 9.59 Å². The van der Waals surface area contributed by atoms with Crippen LogP contribution < -0.4 is 10.6 Å². The lowest BCUT2D eigenvalue weighted by Crippen LogP contribution is -2.14. The topological polar surface area (TPSA) is 84.2 Å². The minimum absolute atomic E-state index is 0.140. The average Bonchev–Trinajstić information content (AvgIpc) is 3.20. The fraction of sp³-hybridized carbons (Fsp3) is 0.0455. The maximum absolute atomic E-state index is 12.8. The van der Waals surface area contributed by atoms with Gasteiger partial charge in [-0.05, 0) is 35.0 Å². The number of hydrogen-bond acceptors (Lipinski definition) is 4. The first-order valence-corrected chi connectivity index (χ1v) is 9.20. The van der Waals surface area contributed by atoms with E-state index >= 15 is 0 Å². The van der Waals surface area contributed by atoms with Gasteiger partial charge in [-0.15, -0.1) is 0 Å². The van der Waals surface area contributed by atoms with E-state index in [-0.39, 0.29) is 11.6 Å². The smallest absolute Gasteiger partial charge is 0.278 e. The molecule has 4 rings (SSSR count). The van der Waals surface area contributed by atoms with Crippen molar-refractivity contribution in [2.45, 2.75) is 6.92 Å². The Morgan fingerprint density at radius 3 is 2.55 bits per heavy atom. The minimum atomic E-state index is -0.469. The predicted octanol–water partition coefficient (Wildman–Crippen LogP) is 5.36. The average molecular weight is 406 g/mol. The molecule has 144 valence electrons. The second kappa shape index (κ2) is 7.77. The predicted molar refractivity (Wildman–Crippen MR) is 113 cm³/mol. The largest absolute Gasteiger partial charge is 0.443 e. The first kappa shape index (κ1) is 18.7. The number of anilines is 2. The van der Waals surface area contributed by atoms with Gasteiger partial charge >= 0.3 is 0 Å². The van der Waals surface area contributed by atoms with Crippen LogP contribution in [0.15, 0.2) is 71.5 Å². The van der Waals surface area contributed by atoms with Crippen LogP contribution in [0, 0.1) is 0 Å². The summed E-state index contributed by atoms with van der Waals surface area (Å²) in [6.45, 7) is 1.40. The molecule has 7 heteroatoms. The molecule has 0 atom stereocenters. The summed E-state index contributed by atoms with van der Waals surface area (Å²) in [4.78, 5) is 28.2. The summed E-state index contributed by atoms with van der Waals surface area (Å²) in [5, 5.41) is 7.83. The zero-order valence-electron chi connectivity index (χ0n) is 15.4. The van der Waals surface area contributed by atoms with Gasteiger partial charge in [0.25, 0.3) is 5.91 Å². The summed E-state index contributed by atoms with van der Waals surface area (Å²) in [6.07, 6.45) is 1.23. The van der Waals surface area contributed by atoms with Crippen molar-refractivity contribution in [2.24, 2.45) is 0 Å². The van der Waals surface area contributed by atoms with E-state index in [0.717, 1.165) is 16.3 Å². The van der Waals surface area contributed by atoms with Crippen molar-refractivity contribution in [3.63, 3.8) is 0 Å². The highest BCUT2D eigenvalue weighted by Gasteiger charge is 2.20. The molecule has 0 saturated carbocycles. The maximum atomic E-state index is 12.8. The maximum Gasteiger partial charge on any atom is 0.278 e. The number of rotatable bonds is 4. The fourth-order valence-electron chi connectivity index (χ4n) is 3.03. The van der Waals surface area contributed by atoms with Gasteiger partial charge in [0.15, 0.2) is 17.8 Å². The van der Waals surface area contributed by atoms with Crippen molar-refractivity contribution in [3.8, 4) is 11.3 Å². The van der Waals surface area contributed by atoms with Gasteiger partial charge in [0.1, 0.15) is 0 Å². The Kier molecular flexibility index (Phi) is 5.01. The van der Waals surface area contributed by atoms with Crippen molar-refractivity contribution in [3.05, 3.63) is 77.8 Å². The molecule has 4 aromatic rings. The van der Waals surface area contributed by atoms with Crippen LogP contribution in [0.2, 0.25) is 5.02 Å². The summed E-state index contributed by atoms with van der Waals surface area (Å²) in [7, 11) is 0. The number of aromatic nitrogens is 1. The molecule has 2 N–H and O–H groups in total. The third kappa shape index (κ3) is 3.97. The van der Waals surface area contributed by atoms with Crippen LogP contribution in [0.3, 0.4) is 0 Å². The first-order chi connectivity index (χ1) is 14.0. The van der Waals surface area contributed by atoms with Crippen molar-refractivity contribution in [2.75, 3.05) is 10.6 Å². The van der Waals surface area contributed by atoms with Crippen molar-refractivity contribution in [1.82, 2.24) is 4.98 Å². The van der Waals surface area contributed by atoms with Crippen LogP contribution in [0.1, 0.15) is 17.4 Å². The number of fused-ring (bicyclic) bond motifs is 1. The lowest BCUT2D eigenvalue weighted by Gasteiger charge is -2.10. The lowest BCUT2D eigenvalue weighted by atomic mass is 10.0. The third-order valence-corrected chi connectivity index (χ3v) is 4.66. The van der Waals surface area contributed by atoms with Crippen LogP contribution in [0.5, 0.6) is 0 Å². The van der Waals surface area contributed by atoms with Gasteiger partial charge in [0, 0.05) is 18.2 Å². The summed E-state index contributed by atoms with van der Waals surface area (Å²) in [5.41, 5.74) is 1.76. The minimum Gasteiger partial charge on any atom is -0.443 e. The zero-order valence-corrected chi connectivity index (χ0v) is 16.2. The Balaban J connectivity index is 1.64.